The molecule has 1 saturated carbocycles. The number of hydrogen-bond acceptors (Lipinski definition) is 8. The van der Waals surface area contributed by atoms with Crippen LogP contribution in [0.25, 0.3) is 11.7 Å². The van der Waals surface area contributed by atoms with Gasteiger partial charge in [0.1, 0.15) is 11.5 Å². The molecule has 5 rings (SSSR count). The molecule has 1 unspecified atom stereocenters. The Morgan fingerprint density at radius 2 is 2.21 bits per heavy atom. The lowest BCUT2D eigenvalue weighted by Crippen LogP contribution is -2.27. The van der Waals surface area contributed by atoms with Gasteiger partial charge in [-0.1, -0.05) is 6.08 Å². The Kier molecular flexibility index (Phi) is 6.24. The van der Waals surface area contributed by atoms with Crippen LogP contribution >= 0.6 is 11.8 Å². The lowest BCUT2D eigenvalue weighted by Gasteiger charge is -2.14. The summed E-state index contributed by atoms with van der Waals surface area (Å²) in [6, 6.07) is 1.81. The van der Waals surface area contributed by atoms with E-state index >= 15 is 0 Å². The zero-order valence-electron chi connectivity index (χ0n) is 18.6. The molecular weight excluding hydrogens is 458 g/mol. The van der Waals surface area contributed by atoms with Crippen LogP contribution in [0.4, 0.5) is 10.6 Å². The monoisotopic (exact) mass is 483 g/mol. The van der Waals surface area contributed by atoms with Crippen molar-refractivity contribution in [3.63, 3.8) is 0 Å². The summed E-state index contributed by atoms with van der Waals surface area (Å²) in [5, 5.41) is 15.5. The Labute approximate surface area is 199 Å². The van der Waals surface area contributed by atoms with E-state index in [9.17, 15) is 14.4 Å². The lowest BCUT2D eigenvalue weighted by atomic mass is 10.2. The van der Waals surface area contributed by atoms with Crippen LogP contribution in [0.3, 0.4) is 0 Å². The summed E-state index contributed by atoms with van der Waals surface area (Å²) in [6.45, 7) is 3.48. The van der Waals surface area contributed by atoms with Crippen molar-refractivity contribution in [1.29, 1.82) is 0 Å². The van der Waals surface area contributed by atoms with Gasteiger partial charge >= 0.3 is 6.03 Å². The molecule has 4 N–H and O–H groups in total. The van der Waals surface area contributed by atoms with E-state index in [-0.39, 0.29) is 16.9 Å². The molecule has 1 saturated heterocycles. The minimum absolute atomic E-state index is 0.0257. The molecule has 12 heteroatoms. The van der Waals surface area contributed by atoms with Crippen LogP contribution in [0.15, 0.2) is 28.9 Å². The first-order valence-electron chi connectivity index (χ1n) is 11.2. The van der Waals surface area contributed by atoms with Crippen LogP contribution in [0.1, 0.15) is 42.7 Å². The van der Waals surface area contributed by atoms with Crippen LogP contribution in [0.5, 0.6) is 0 Å². The van der Waals surface area contributed by atoms with Gasteiger partial charge in [0.25, 0.3) is 11.8 Å². The van der Waals surface area contributed by atoms with Crippen molar-refractivity contribution in [1.82, 2.24) is 30.5 Å². The number of urea groups is 1. The molecule has 34 heavy (non-hydrogen) atoms. The molecule has 3 aliphatic rings. The first-order valence-corrected chi connectivity index (χ1v) is 12.1. The van der Waals surface area contributed by atoms with Crippen molar-refractivity contribution in [3.05, 3.63) is 40.2 Å². The number of allylic oxidation sites excluding steroid dienone is 1. The molecule has 2 aliphatic heterocycles. The average molecular weight is 484 g/mol. The number of ether oxygens (including phenoxy) is 1. The van der Waals surface area contributed by atoms with Crippen LogP contribution in [0.2, 0.25) is 0 Å². The van der Waals surface area contributed by atoms with E-state index in [1.54, 1.807) is 16.8 Å². The minimum Gasteiger partial charge on any atom is -0.380 e. The number of aromatic nitrogens is 3. The smallest absolute Gasteiger partial charge is 0.326 e. The molecular formula is C22H25N7O4S. The van der Waals surface area contributed by atoms with E-state index in [0.29, 0.717) is 48.3 Å². The van der Waals surface area contributed by atoms with Gasteiger partial charge in [-0.2, -0.15) is 9.61 Å². The first-order chi connectivity index (χ1) is 16.5. The van der Waals surface area contributed by atoms with Gasteiger partial charge in [0.15, 0.2) is 5.65 Å². The Balaban J connectivity index is 1.39. The number of nitrogens with zero attached hydrogens (tertiary/aromatic N) is 3. The zero-order chi connectivity index (χ0) is 23.7. The number of carbonyl (C=O) groups excluding carboxylic acids is 3. The number of amides is 4. The zero-order valence-corrected chi connectivity index (χ0v) is 19.4. The van der Waals surface area contributed by atoms with E-state index in [1.165, 1.54) is 11.8 Å². The van der Waals surface area contributed by atoms with Gasteiger partial charge in [-0.15, -0.1) is 11.8 Å². The van der Waals surface area contributed by atoms with Crippen molar-refractivity contribution in [2.45, 2.75) is 37.5 Å². The molecule has 0 spiro atoms. The molecule has 0 radical (unpaired) electrons. The highest BCUT2D eigenvalue weighted by Crippen LogP contribution is 2.44. The molecule has 11 nitrogen and oxygen atoms in total. The number of hydrogen-bond donors (Lipinski definition) is 4. The van der Waals surface area contributed by atoms with Gasteiger partial charge in [-0.05, 0) is 32.3 Å². The molecule has 0 aromatic carbocycles. The van der Waals surface area contributed by atoms with Crippen molar-refractivity contribution < 1.29 is 19.1 Å². The second-order valence-corrected chi connectivity index (χ2v) is 9.39. The normalized spacial score (nSPS) is 21.0. The first kappa shape index (κ1) is 22.4. The molecule has 2 aromatic heterocycles. The summed E-state index contributed by atoms with van der Waals surface area (Å²) in [5.41, 5.74) is 2.14. The third-order valence-electron chi connectivity index (χ3n) is 5.54. The van der Waals surface area contributed by atoms with E-state index < -0.39 is 11.9 Å². The molecule has 4 amide bonds. The number of imide groups is 1. The SMILES string of the molecule is CCOCCNC(=O)C1=CCC(c2cc(NC3CC3)n3ncc(/C=C4\NC(=O)NC4=O)c3n2)S1. The number of anilines is 1. The second-order valence-electron chi connectivity index (χ2n) is 8.15. The highest BCUT2D eigenvalue weighted by atomic mass is 32.2. The maximum Gasteiger partial charge on any atom is 0.326 e. The largest absolute Gasteiger partial charge is 0.380 e. The molecule has 0 bridgehead atoms. The summed E-state index contributed by atoms with van der Waals surface area (Å²) in [4.78, 5) is 41.5. The maximum absolute atomic E-state index is 12.5. The van der Waals surface area contributed by atoms with Crippen molar-refractivity contribution in [2.75, 3.05) is 25.1 Å². The molecule has 1 atom stereocenters. The van der Waals surface area contributed by atoms with E-state index in [4.69, 9.17) is 9.72 Å². The van der Waals surface area contributed by atoms with E-state index in [1.807, 2.05) is 19.1 Å². The predicted octanol–water partition coefficient (Wildman–Crippen LogP) is 1.70. The fraction of sp³-hybridized carbons (Fsp3) is 0.409. The van der Waals surface area contributed by atoms with Crippen LogP contribution in [-0.4, -0.2) is 58.2 Å². The molecule has 1 aliphatic carbocycles. The summed E-state index contributed by atoms with van der Waals surface area (Å²) in [6.07, 6.45) is 7.98. The maximum atomic E-state index is 12.5. The number of fused-ring (bicyclic) bond motifs is 1. The van der Waals surface area contributed by atoms with Crippen molar-refractivity contribution >= 4 is 47.1 Å². The van der Waals surface area contributed by atoms with Crippen molar-refractivity contribution in [2.24, 2.45) is 0 Å². The fourth-order valence-corrected chi connectivity index (χ4v) is 4.81. The fourth-order valence-electron chi connectivity index (χ4n) is 3.70. The third-order valence-corrected chi connectivity index (χ3v) is 6.87. The average Bonchev–Trinajstić information content (AvgIpc) is 3.19. The minimum atomic E-state index is -0.557. The predicted molar refractivity (Wildman–Crippen MR) is 127 cm³/mol. The number of carbonyl (C=O) groups is 3. The standard InChI is InChI=1S/C22H25N7O4S/c1-2-33-8-7-23-21(31)17-6-5-16(34-17)14-10-18(25-13-3-4-13)29-19(26-14)12(11-24-29)9-15-20(30)28-22(32)27-15/h6,9-11,13,16,25H,2-5,7-8H2,1H3,(H,23,31)(H2,27,28,30,32)/b15-9-. The van der Waals surface area contributed by atoms with Crippen LogP contribution in [-0.2, 0) is 14.3 Å². The Hall–Kier alpha value is -3.38. The van der Waals surface area contributed by atoms with E-state index in [2.05, 4.69) is 26.4 Å². The summed E-state index contributed by atoms with van der Waals surface area (Å²) in [5.74, 6) is 0.206. The highest BCUT2D eigenvalue weighted by molar-refractivity contribution is 8.04. The molecule has 2 fully saturated rings. The van der Waals surface area contributed by atoms with Gasteiger partial charge in [-0.3, -0.25) is 14.9 Å². The highest BCUT2D eigenvalue weighted by Gasteiger charge is 2.29. The quantitative estimate of drug-likeness (QED) is 0.240. The van der Waals surface area contributed by atoms with Gasteiger partial charge in [-0.25, -0.2) is 9.78 Å². The topological polar surface area (TPSA) is 139 Å². The van der Waals surface area contributed by atoms with E-state index in [0.717, 1.165) is 24.4 Å². The van der Waals surface area contributed by atoms with Gasteiger partial charge < -0.3 is 20.7 Å². The summed E-state index contributed by atoms with van der Waals surface area (Å²) in [7, 11) is 0. The van der Waals surface area contributed by atoms with Crippen molar-refractivity contribution in [3.8, 4) is 0 Å². The lowest BCUT2D eigenvalue weighted by molar-refractivity contribution is -0.117. The van der Waals surface area contributed by atoms with Crippen LogP contribution < -0.4 is 21.3 Å². The molecule has 178 valence electrons. The second kappa shape index (κ2) is 9.47. The van der Waals surface area contributed by atoms with Gasteiger partial charge in [0.2, 0.25) is 0 Å². The van der Waals surface area contributed by atoms with Gasteiger partial charge in [0.05, 0.1) is 28.7 Å². The Bertz CT molecular complexity index is 1220. The molecule has 2 aromatic rings. The van der Waals surface area contributed by atoms with Crippen LogP contribution in [0, 0.1) is 0 Å². The summed E-state index contributed by atoms with van der Waals surface area (Å²) < 4.78 is 6.98. The molecule has 4 heterocycles. The third kappa shape index (κ3) is 4.77. The number of nitrogens with one attached hydrogen (secondary N) is 4. The van der Waals surface area contributed by atoms with Gasteiger partial charge in [0, 0.05) is 30.8 Å². The Morgan fingerprint density at radius 3 is 2.94 bits per heavy atom. The number of rotatable bonds is 9. The number of thioether (sulfide) groups is 1. The Morgan fingerprint density at radius 1 is 1.35 bits per heavy atom. The summed E-state index contributed by atoms with van der Waals surface area (Å²) >= 11 is 1.48.